The van der Waals surface area contributed by atoms with E-state index in [0.717, 1.165) is 12.2 Å². The summed E-state index contributed by atoms with van der Waals surface area (Å²) in [6.45, 7) is 1.95. The van der Waals surface area contributed by atoms with Crippen LogP contribution in [0.1, 0.15) is 28.8 Å². The minimum Gasteiger partial charge on any atom is -0.456 e. The van der Waals surface area contributed by atoms with Gasteiger partial charge < -0.3 is 15.5 Å². The van der Waals surface area contributed by atoms with Crippen LogP contribution in [-0.2, 0) is 6.42 Å². The molecule has 0 atom stereocenters. The zero-order chi connectivity index (χ0) is 14.7. The van der Waals surface area contributed by atoms with Gasteiger partial charge in [0, 0.05) is 12.0 Å². The van der Waals surface area contributed by atoms with E-state index in [2.05, 4.69) is 5.32 Å². The molecule has 4 nitrogen and oxygen atoms in total. The Bertz CT molecular complexity index is 667. The molecule has 0 aliphatic heterocycles. The van der Waals surface area contributed by atoms with Crippen LogP contribution in [0.5, 0.6) is 0 Å². The van der Waals surface area contributed by atoms with Crippen molar-refractivity contribution in [2.45, 2.75) is 13.3 Å². The standard InChI is InChI=1S/C14H13ClN2O2S/c1-2-9-4-6-12(19-9)14(18)17-11-7-8(13(16)20)3-5-10(11)15/h3-7H,2H2,1H3,(H2,16,20)(H,17,18). The molecule has 0 unspecified atom stereocenters. The minimum absolute atomic E-state index is 0.235. The first-order valence-electron chi connectivity index (χ1n) is 6.00. The number of carbonyl (C=O) groups excluding carboxylic acids is 1. The third kappa shape index (κ3) is 3.18. The molecule has 1 heterocycles. The van der Waals surface area contributed by atoms with Crippen molar-refractivity contribution in [3.63, 3.8) is 0 Å². The molecule has 3 N–H and O–H groups in total. The van der Waals surface area contributed by atoms with E-state index in [0.29, 0.717) is 16.3 Å². The molecule has 0 saturated carbocycles. The zero-order valence-corrected chi connectivity index (χ0v) is 12.3. The number of hydrogen-bond donors (Lipinski definition) is 2. The highest BCUT2D eigenvalue weighted by molar-refractivity contribution is 7.80. The minimum atomic E-state index is -0.369. The molecule has 2 rings (SSSR count). The van der Waals surface area contributed by atoms with E-state index < -0.39 is 0 Å². The number of hydrogen-bond acceptors (Lipinski definition) is 3. The zero-order valence-electron chi connectivity index (χ0n) is 10.8. The lowest BCUT2D eigenvalue weighted by Gasteiger charge is -2.07. The molecule has 2 aromatic rings. The molecule has 6 heteroatoms. The molecule has 0 spiro atoms. The van der Waals surface area contributed by atoms with Gasteiger partial charge in [-0.3, -0.25) is 4.79 Å². The van der Waals surface area contributed by atoms with Gasteiger partial charge in [-0.15, -0.1) is 0 Å². The number of aryl methyl sites for hydroxylation is 1. The van der Waals surface area contributed by atoms with Crippen molar-refractivity contribution >= 4 is 40.4 Å². The van der Waals surface area contributed by atoms with Crippen LogP contribution in [0.25, 0.3) is 0 Å². The SMILES string of the molecule is CCc1ccc(C(=O)Nc2cc(C(N)=S)ccc2Cl)o1. The fourth-order valence-corrected chi connectivity index (χ4v) is 1.94. The summed E-state index contributed by atoms with van der Waals surface area (Å²) in [4.78, 5) is 12.3. The highest BCUT2D eigenvalue weighted by atomic mass is 35.5. The number of halogens is 1. The van der Waals surface area contributed by atoms with Crippen molar-refractivity contribution in [1.29, 1.82) is 0 Å². The first kappa shape index (κ1) is 14.6. The van der Waals surface area contributed by atoms with Crippen LogP contribution in [0.15, 0.2) is 34.7 Å². The van der Waals surface area contributed by atoms with E-state index in [1.54, 1.807) is 30.3 Å². The van der Waals surface area contributed by atoms with Gasteiger partial charge in [-0.25, -0.2) is 0 Å². The van der Waals surface area contributed by atoms with Gasteiger partial charge in [0.15, 0.2) is 5.76 Å². The Labute approximate surface area is 126 Å². The number of nitrogens with two attached hydrogens (primary N) is 1. The lowest BCUT2D eigenvalue weighted by molar-refractivity contribution is 0.0995. The summed E-state index contributed by atoms with van der Waals surface area (Å²) in [7, 11) is 0. The summed E-state index contributed by atoms with van der Waals surface area (Å²) >= 11 is 10.9. The van der Waals surface area contributed by atoms with Crippen LogP contribution in [0.4, 0.5) is 5.69 Å². The van der Waals surface area contributed by atoms with Crippen molar-refractivity contribution in [2.24, 2.45) is 5.73 Å². The van der Waals surface area contributed by atoms with E-state index in [1.165, 1.54) is 0 Å². The normalized spacial score (nSPS) is 10.3. The highest BCUT2D eigenvalue weighted by Gasteiger charge is 2.13. The van der Waals surface area contributed by atoms with Gasteiger partial charge in [0.25, 0.3) is 5.91 Å². The number of amides is 1. The molecule has 0 fully saturated rings. The predicted octanol–water partition coefficient (Wildman–Crippen LogP) is 3.38. The number of rotatable bonds is 4. The second-order valence-electron chi connectivity index (χ2n) is 4.13. The molecule has 0 bridgehead atoms. The van der Waals surface area contributed by atoms with Gasteiger partial charge in [-0.2, -0.15) is 0 Å². The lowest BCUT2D eigenvalue weighted by Crippen LogP contribution is -2.13. The number of thiocarbonyl (C=S) groups is 1. The molecular formula is C14H13ClN2O2S. The van der Waals surface area contributed by atoms with E-state index in [9.17, 15) is 4.79 Å². The molecule has 1 amide bonds. The fraction of sp³-hybridized carbons (Fsp3) is 0.143. The van der Waals surface area contributed by atoms with Crippen molar-refractivity contribution in [3.8, 4) is 0 Å². The van der Waals surface area contributed by atoms with Crippen LogP contribution in [0.2, 0.25) is 5.02 Å². The summed E-state index contributed by atoms with van der Waals surface area (Å²) in [6.07, 6.45) is 0.727. The van der Waals surface area contributed by atoms with Crippen LogP contribution >= 0.6 is 23.8 Å². The Morgan fingerprint density at radius 3 is 2.75 bits per heavy atom. The van der Waals surface area contributed by atoms with Crippen molar-refractivity contribution in [2.75, 3.05) is 5.32 Å². The van der Waals surface area contributed by atoms with Gasteiger partial charge in [-0.05, 0) is 24.3 Å². The van der Waals surface area contributed by atoms with E-state index >= 15 is 0 Å². The smallest absolute Gasteiger partial charge is 0.291 e. The van der Waals surface area contributed by atoms with Gasteiger partial charge in [0.2, 0.25) is 0 Å². The molecule has 1 aromatic heterocycles. The van der Waals surface area contributed by atoms with E-state index in [-0.39, 0.29) is 16.7 Å². The van der Waals surface area contributed by atoms with Gasteiger partial charge in [0.1, 0.15) is 10.7 Å². The van der Waals surface area contributed by atoms with Gasteiger partial charge in [-0.1, -0.05) is 36.8 Å². The Kier molecular flexibility index (Phi) is 4.42. The number of benzene rings is 1. The number of nitrogens with one attached hydrogen (secondary N) is 1. The molecule has 104 valence electrons. The van der Waals surface area contributed by atoms with Gasteiger partial charge in [0.05, 0.1) is 10.7 Å². The Morgan fingerprint density at radius 1 is 1.40 bits per heavy atom. The maximum Gasteiger partial charge on any atom is 0.291 e. The molecule has 1 aromatic carbocycles. The van der Waals surface area contributed by atoms with E-state index in [4.69, 9.17) is 34.0 Å². The maximum absolute atomic E-state index is 12.0. The topological polar surface area (TPSA) is 68.3 Å². The largest absolute Gasteiger partial charge is 0.456 e. The Morgan fingerprint density at radius 2 is 2.15 bits per heavy atom. The predicted molar refractivity (Wildman–Crippen MR) is 83.4 cm³/mol. The van der Waals surface area contributed by atoms with Crippen LogP contribution in [0, 0.1) is 0 Å². The van der Waals surface area contributed by atoms with Crippen LogP contribution < -0.4 is 11.1 Å². The Hall–Kier alpha value is -1.85. The first-order valence-corrected chi connectivity index (χ1v) is 6.79. The maximum atomic E-state index is 12.0. The third-order valence-electron chi connectivity index (χ3n) is 2.73. The van der Waals surface area contributed by atoms with Crippen molar-refractivity contribution in [1.82, 2.24) is 0 Å². The first-order chi connectivity index (χ1) is 9.51. The summed E-state index contributed by atoms with van der Waals surface area (Å²) < 4.78 is 5.38. The number of anilines is 1. The molecule has 0 aliphatic rings. The van der Waals surface area contributed by atoms with Crippen molar-refractivity contribution in [3.05, 3.63) is 52.4 Å². The van der Waals surface area contributed by atoms with Crippen molar-refractivity contribution < 1.29 is 9.21 Å². The second-order valence-corrected chi connectivity index (χ2v) is 4.98. The molecule has 0 saturated heterocycles. The molecule has 20 heavy (non-hydrogen) atoms. The average molecular weight is 309 g/mol. The third-order valence-corrected chi connectivity index (χ3v) is 3.30. The Balaban J connectivity index is 2.22. The van der Waals surface area contributed by atoms with Crippen LogP contribution in [0.3, 0.4) is 0 Å². The summed E-state index contributed by atoms with van der Waals surface area (Å²) in [5.74, 6) is 0.614. The summed E-state index contributed by atoms with van der Waals surface area (Å²) in [5, 5.41) is 3.08. The molecule has 0 radical (unpaired) electrons. The van der Waals surface area contributed by atoms with E-state index in [1.807, 2.05) is 6.92 Å². The van der Waals surface area contributed by atoms with Crippen LogP contribution in [-0.4, -0.2) is 10.9 Å². The fourth-order valence-electron chi connectivity index (χ4n) is 1.65. The summed E-state index contributed by atoms with van der Waals surface area (Å²) in [6, 6.07) is 8.35. The quantitative estimate of drug-likeness (QED) is 0.850. The lowest BCUT2D eigenvalue weighted by atomic mass is 10.2. The second kappa shape index (κ2) is 6.07. The number of furan rings is 1. The monoisotopic (exact) mass is 308 g/mol. The average Bonchev–Trinajstić information content (AvgIpc) is 2.89. The molecule has 0 aliphatic carbocycles. The van der Waals surface area contributed by atoms with Gasteiger partial charge >= 0.3 is 0 Å². The molecular weight excluding hydrogens is 296 g/mol. The summed E-state index contributed by atoms with van der Waals surface area (Å²) in [5.41, 5.74) is 6.63. The highest BCUT2D eigenvalue weighted by Crippen LogP contribution is 2.24. The number of carbonyl (C=O) groups is 1.